The minimum atomic E-state index is -4.47. The summed E-state index contributed by atoms with van der Waals surface area (Å²) in [5.41, 5.74) is 8.11. The summed E-state index contributed by atoms with van der Waals surface area (Å²) in [7, 11) is 1.57. The Kier molecular flexibility index (Phi) is 5.18. The van der Waals surface area contributed by atoms with E-state index in [1.807, 2.05) is 0 Å². The van der Waals surface area contributed by atoms with Crippen molar-refractivity contribution in [2.75, 3.05) is 19.4 Å². The summed E-state index contributed by atoms with van der Waals surface area (Å²) in [6.45, 7) is 1.82. The number of halogens is 4. The molecule has 5 rings (SSSR count). The number of fused-ring (bicyclic) bond motifs is 4. The van der Waals surface area contributed by atoms with Gasteiger partial charge in [-0.25, -0.2) is 9.97 Å². The van der Waals surface area contributed by atoms with Gasteiger partial charge in [0.15, 0.2) is 0 Å². The van der Waals surface area contributed by atoms with Crippen molar-refractivity contribution in [3.63, 3.8) is 0 Å². The van der Waals surface area contributed by atoms with Crippen molar-refractivity contribution in [3.05, 3.63) is 70.1 Å². The lowest BCUT2D eigenvalue weighted by Crippen LogP contribution is -2.37. The number of nitrogens with two attached hydrogens (primary N) is 1. The maximum absolute atomic E-state index is 13.5. The molecule has 1 amide bonds. The van der Waals surface area contributed by atoms with Gasteiger partial charge >= 0.3 is 6.18 Å². The van der Waals surface area contributed by atoms with Crippen LogP contribution in [-0.2, 0) is 10.9 Å². The summed E-state index contributed by atoms with van der Waals surface area (Å²) >= 11 is 6.44. The Labute approximate surface area is 196 Å². The topological polar surface area (TPSA) is 85.8 Å². The van der Waals surface area contributed by atoms with Crippen molar-refractivity contribution in [2.24, 2.45) is 0 Å². The van der Waals surface area contributed by atoms with Gasteiger partial charge in [-0.3, -0.25) is 9.20 Å². The first kappa shape index (κ1) is 22.4. The van der Waals surface area contributed by atoms with Gasteiger partial charge in [0.05, 0.1) is 58.5 Å². The molecule has 1 aliphatic heterocycles. The first-order valence-corrected chi connectivity index (χ1v) is 10.7. The zero-order valence-electron chi connectivity index (χ0n) is 18.1. The minimum absolute atomic E-state index is 0.136. The number of aromatic nitrogens is 3. The highest BCUT2D eigenvalue weighted by atomic mass is 35.5. The quantitative estimate of drug-likeness (QED) is 0.426. The number of benzene rings is 2. The van der Waals surface area contributed by atoms with E-state index in [0.29, 0.717) is 27.7 Å². The molecule has 7 nitrogen and oxygen atoms in total. The fourth-order valence-corrected chi connectivity index (χ4v) is 4.57. The predicted octanol–water partition coefficient (Wildman–Crippen LogP) is 5.04. The Morgan fingerprint density at radius 2 is 2.00 bits per heavy atom. The van der Waals surface area contributed by atoms with E-state index in [4.69, 9.17) is 22.1 Å². The second kappa shape index (κ2) is 7.85. The third-order valence-corrected chi connectivity index (χ3v) is 6.51. The number of rotatable bonds is 2. The minimum Gasteiger partial charge on any atom is -0.382 e. The van der Waals surface area contributed by atoms with Crippen LogP contribution in [0.25, 0.3) is 16.6 Å². The Hall–Kier alpha value is -3.37. The van der Waals surface area contributed by atoms with Crippen molar-refractivity contribution in [3.8, 4) is 0 Å². The molecule has 2 N–H and O–H groups in total. The molecule has 0 aliphatic carbocycles. The van der Waals surface area contributed by atoms with Gasteiger partial charge < -0.3 is 15.4 Å². The third kappa shape index (κ3) is 3.54. The highest BCUT2D eigenvalue weighted by molar-refractivity contribution is 6.34. The molecule has 0 saturated heterocycles. The number of carbonyl (C=O) groups is 1. The molecule has 2 aromatic carbocycles. The summed E-state index contributed by atoms with van der Waals surface area (Å²) in [5, 5.41) is 0.174. The molecule has 34 heavy (non-hydrogen) atoms. The van der Waals surface area contributed by atoms with E-state index in [1.54, 1.807) is 43.0 Å². The Bertz CT molecular complexity index is 1450. The van der Waals surface area contributed by atoms with Gasteiger partial charge in [0, 0.05) is 7.05 Å². The number of nitrogens with zero attached hydrogens (tertiary/aromatic N) is 4. The summed E-state index contributed by atoms with van der Waals surface area (Å²) < 4.78 is 47.1. The number of anilines is 1. The molecule has 0 saturated carbocycles. The van der Waals surface area contributed by atoms with Crippen LogP contribution in [0.2, 0.25) is 5.02 Å². The normalized spacial score (nSPS) is 18.3. The summed E-state index contributed by atoms with van der Waals surface area (Å²) in [6.07, 6.45) is -1.88. The van der Waals surface area contributed by atoms with Crippen LogP contribution in [0.5, 0.6) is 0 Å². The first-order chi connectivity index (χ1) is 16.1. The van der Waals surface area contributed by atoms with E-state index < -0.39 is 29.8 Å². The van der Waals surface area contributed by atoms with Crippen molar-refractivity contribution < 1.29 is 22.7 Å². The molecule has 0 unspecified atom stereocenters. The van der Waals surface area contributed by atoms with E-state index >= 15 is 0 Å². The van der Waals surface area contributed by atoms with Gasteiger partial charge in [0.25, 0.3) is 5.91 Å². The molecule has 0 bridgehead atoms. The van der Waals surface area contributed by atoms with Crippen LogP contribution >= 0.6 is 11.6 Å². The monoisotopic (exact) mass is 489 g/mol. The number of amides is 1. The molecule has 0 radical (unpaired) electrons. The maximum atomic E-state index is 13.5. The highest BCUT2D eigenvalue weighted by Gasteiger charge is 2.36. The largest absolute Gasteiger partial charge is 0.416 e. The van der Waals surface area contributed by atoms with Crippen LogP contribution in [0.1, 0.15) is 46.1 Å². The number of ether oxygens (including phenoxy) is 1. The molecule has 11 heteroatoms. The number of hydrogen-bond donors (Lipinski definition) is 1. The molecule has 2 atom stereocenters. The van der Waals surface area contributed by atoms with E-state index in [1.165, 1.54) is 11.0 Å². The fraction of sp³-hybridized carbons (Fsp3) is 0.261. The number of hydrogen-bond acceptors (Lipinski definition) is 5. The zero-order valence-corrected chi connectivity index (χ0v) is 18.9. The van der Waals surface area contributed by atoms with Gasteiger partial charge in [0.1, 0.15) is 11.3 Å². The lowest BCUT2D eigenvalue weighted by molar-refractivity contribution is -0.137. The molecule has 1 aliphatic rings. The average Bonchev–Trinajstić information content (AvgIpc) is 3.28. The summed E-state index contributed by atoms with van der Waals surface area (Å²) in [6, 6.07) is 6.09. The highest BCUT2D eigenvalue weighted by Crippen LogP contribution is 2.40. The second-order valence-corrected chi connectivity index (χ2v) is 8.62. The van der Waals surface area contributed by atoms with Crippen LogP contribution in [0.3, 0.4) is 0 Å². The van der Waals surface area contributed by atoms with Crippen LogP contribution in [0.15, 0.2) is 42.9 Å². The molecule has 2 aromatic heterocycles. The van der Waals surface area contributed by atoms with Crippen LogP contribution in [0, 0.1) is 0 Å². The Balaban J connectivity index is 1.56. The molecule has 0 fully saturated rings. The van der Waals surface area contributed by atoms with Crippen LogP contribution in [0.4, 0.5) is 19.0 Å². The standard InChI is InChI=1S/C23H19ClF3N5O2/c1-11-14-5-12(23(25,26)27)3-4-13(14)20(9-34-11)31(2)22(33)15-6-18-17(7-16(15)24)30-21(28)19-8-29-10-32(18)19/h3-8,10-11,20H,9H2,1-2H3,(H2,28,30)/t11-,20-/m1/s1. The number of alkyl halides is 3. The van der Waals surface area contributed by atoms with Crippen molar-refractivity contribution in [1.82, 2.24) is 19.3 Å². The molecular formula is C23H19ClF3N5O2. The van der Waals surface area contributed by atoms with Gasteiger partial charge in [-0.15, -0.1) is 0 Å². The first-order valence-electron chi connectivity index (χ1n) is 10.4. The summed E-state index contributed by atoms with van der Waals surface area (Å²) in [5.74, 6) is -0.133. The van der Waals surface area contributed by atoms with Crippen molar-refractivity contribution in [2.45, 2.75) is 25.2 Å². The van der Waals surface area contributed by atoms with Crippen molar-refractivity contribution >= 4 is 39.9 Å². The lowest BCUT2D eigenvalue weighted by Gasteiger charge is -2.36. The fourth-order valence-electron chi connectivity index (χ4n) is 4.33. The molecule has 4 aromatic rings. The van der Waals surface area contributed by atoms with Crippen LogP contribution < -0.4 is 5.73 Å². The lowest BCUT2D eigenvalue weighted by atomic mass is 9.91. The number of imidazole rings is 1. The SMILES string of the molecule is C[C@H]1OC[C@@H](N(C)C(=O)c2cc3c(cc2Cl)nc(N)c2cncn23)c2ccc(C(F)(F)F)cc21. The average molecular weight is 490 g/mol. The number of likely N-dealkylation sites (N-methyl/N-ethyl adjacent to an activating group) is 1. The molecule has 0 spiro atoms. The Morgan fingerprint density at radius 1 is 1.24 bits per heavy atom. The van der Waals surface area contributed by atoms with Crippen LogP contribution in [-0.4, -0.2) is 38.8 Å². The predicted molar refractivity (Wildman–Crippen MR) is 121 cm³/mol. The maximum Gasteiger partial charge on any atom is 0.416 e. The molecule has 3 heterocycles. The van der Waals surface area contributed by atoms with E-state index in [0.717, 1.165) is 12.1 Å². The third-order valence-electron chi connectivity index (χ3n) is 6.20. The number of nitrogen functional groups attached to an aromatic ring is 1. The molecular weight excluding hydrogens is 471 g/mol. The van der Waals surface area contributed by atoms with Crippen molar-refractivity contribution in [1.29, 1.82) is 0 Å². The van der Waals surface area contributed by atoms with Gasteiger partial charge in [-0.1, -0.05) is 17.7 Å². The van der Waals surface area contributed by atoms with Gasteiger partial charge in [-0.05, 0) is 42.3 Å². The van der Waals surface area contributed by atoms with Gasteiger partial charge in [0.2, 0.25) is 0 Å². The second-order valence-electron chi connectivity index (χ2n) is 8.22. The van der Waals surface area contributed by atoms with Gasteiger partial charge in [-0.2, -0.15) is 13.2 Å². The summed E-state index contributed by atoms with van der Waals surface area (Å²) in [4.78, 5) is 23.4. The van der Waals surface area contributed by atoms with E-state index in [9.17, 15) is 18.0 Å². The van der Waals surface area contributed by atoms with E-state index in [2.05, 4.69) is 9.97 Å². The molecule has 176 valence electrons. The Morgan fingerprint density at radius 3 is 2.74 bits per heavy atom. The zero-order chi connectivity index (χ0) is 24.4. The van der Waals surface area contributed by atoms with E-state index in [-0.39, 0.29) is 23.0 Å². The number of carbonyl (C=O) groups excluding carboxylic acids is 1. The smallest absolute Gasteiger partial charge is 0.382 e.